The molecule has 0 radical (unpaired) electrons. The minimum absolute atomic E-state index is 0.262. The second kappa shape index (κ2) is 11.3. The molecule has 1 fully saturated rings. The summed E-state index contributed by atoms with van der Waals surface area (Å²) in [7, 11) is 1.22. The van der Waals surface area contributed by atoms with Crippen LogP contribution in [0.25, 0.3) is 0 Å². The average Bonchev–Trinajstić information content (AvgIpc) is 3.38. The fourth-order valence-electron chi connectivity index (χ4n) is 3.55. The molecule has 1 aliphatic rings. The summed E-state index contributed by atoms with van der Waals surface area (Å²) < 4.78 is 3.89. The van der Waals surface area contributed by atoms with Gasteiger partial charge in [0.15, 0.2) is 5.78 Å². The van der Waals surface area contributed by atoms with E-state index in [4.69, 9.17) is 0 Å². The Morgan fingerprint density at radius 2 is 1.71 bits per heavy atom. The lowest BCUT2D eigenvalue weighted by molar-refractivity contribution is 0.0975. The van der Waals surface area contributed by atoms with Gasteiger partial charge in [0.1, 0.15) is 0 Å². The van der Waals surface area contributed by atoms with E-state index in [0.29, 0.717) is 12.3 Å². The van der Waals surface area contributed by atoms with Crippen LogP contribution in [0.4, 0.5) is 4.79 Å². The monoisotopic (exact) mass is 384 g/mol. The number of primary amides is 1. The lowest BCUT2D eigenvalue weighted by Gasteiger charge is -2.05. The number of rotatable bonds is 7. The zero-order chi connectivity index (χ0) is 20.4. The lowest BCUT2D eigenvalue weighted by Crippen LogP contribution is -2.08. The molecule has 1 aromatic heterocycles. The Bertz CT molecular complexity index is 743. The molecule has 1 aromatic carbocycles. The summed E-state index contributed by atoms with van der Waals surface area (Å²) in [6.07, 6.45) is 8.19. The van der Waals surface area contributed by atoms with Crippen molar-refractivity contribution >= 4 is 11.9 Å². The molecule has 0 unspecified atom stereocenters. The number of nitrogens with one attached hydrogen (secondary N) is 1. The van der Waals surface area contributed by atoms with Gasteiger partial charge in [0, 0.05) is 12.1 Å². The lowest BCUT2D eigenvalue weighted by atomic mass is 10.0. The highest BCUT2D eigenvalue weighted by Gasteiger charge is 2.19. The highest BCUT2D eigenvalue weighted by Crippen LogP contribution is 2.33. The number of hydrogen-bond acceptors (Lipinski definition) is 3. The molecule has 1 heterocycles. The number of carbonyl (C=O) groups excluding carboxylic acids is 2. The Kier molecular flexibility index (Phi) is 8.79. The number of ketones is 1. The summed E-state index contributed by atoms with van der Waals surface area (Å²) in [6, 6.07) is 12.8. The van der Waals surface area contributed by atoms with Crippen molar-refractivity contribution < 1.29 is 14.3 Å². The molecule has 2 aromatic rings. The minimum atomic E-state index is -0.745. The molecule has 3 rings (SSSR count). The molecule has 0 aliphatic heterocycles. The number of aromatic nitrogens is 1. The third kappa shape index (κ3) is 7.22. The number of aromatic amines is 1. The first-order chi connectivity index (χ1) is 13.5. The molecule has 0 saturated heterocycles. The van der Waals surface area contributed by atoms with Gasteiger partial charge >= 0.3 is 6.09 Å². The fraction of sp³-hybridized carbons (Fsp3) is 0.478. The number of H-pyrrole nitrogens is 1. The maximum atomic E-state index is 12.3. The predicted molar refractivity (Wildman–Crippen MR) is 112 cm³/mol. The van der Waals surface area contributed by atoms with Gasteiger partial charge in [0.2, 0.25) is 0 Å². The number of hydrogen-bond donors (Lipinski definition) is 2. The van der Waals surface area contributed by atoms with Crippen LogP contribution in [0.15, 0.2) is 36.4 Å². The molecular weight excluding hydrogens is 352 g/mol. The van der Waals surface area contributed by atoms with E-state index < -0.39 is 6.09 Å². The molecule has 152 valence electrons. The van der Waals surface area contributed by atoms with E-state index in [2.05, 4.69) is 52.7 Å². The number of aryl methyl sites for hydroxylation is 2. The van der Waals surface area contributed by atoms with Gasteiger partial charge in [-0.05, 0) is 62.6 Å². The van der Waals surface area contributed by atoms with Crippen LogP contribution in [-0.2, 0) is 11.2 Å². The Balaban J connectivity index is 0.000000500. The number of ether oxygens (including phenoxy) is 1. The summed E-state index contributed by atoms with van der Waals surface area (Å²) in [5.74, 6) is 0.913. The van der Waals surface area contributed by atoms with Gasteiger partial charge in [0.05, 0.1) is 12.8 Å². The third-order valence-corrected chi connectivity index (χ3v) is 5.25. The quantitative estimate of drug-likeness (QED) is 0.502. The van der Waals surface area contributed by atoms with Crippen LogP contribution in [0.3, 0.4) is 0 Å². The number of benzene rings is 1. The normalized spacial score (nSPS) is 13.6. The van der Waals surface area contributed by atoms with Crippen LogP contribution in [0, 0.1) is 6.92 Å². The molecule has 1 aliphatic carbocycles. The standard InChI is InChI=1S/C21H27NO.C2H5NO2/c1-16-10-12-17(13-11-16)6-2-5-9-21(23)20-15-14-19(22-20)18-7-3-4-8-18;1-5-2(3)4/h10-15,18,22H,2-9H2,1H3;1H3,(H2,3,4). The van der Waals surface area contributed by atoms with E-state index >= 15 is 0 Å². The summed E-state index contributed by atoms with van der Waals surface area (Å²) in [6.45, 7) is 2.11. The molecule has 1 amide bonds. The van der Waals surface area contributed by atoms with E-state index in [-0.39, 0.29) is 5.78 Å². The van der Waals surface area contributed by atoms with E-state index in [1.807, 2.05) is 6.07 Å². The zero-order valence-corrected chi connectivity index (χ0v) is 17.0. The van der Waals surface area contributed by atoms with Crippen molar-refractivity contribution in [3.63, 3.8) is 0 Å². The number of Topliss-reactive ketones (excluding diaryl/α,β-unsaturated/α-hetero) is 1. The third-order valence-electron chi connectivity index (χ3n) is 5.25. The minimum Gasteiger partial charge on any atom is -0.453 e. The number of amides is 1. The van der Waals surface area contributed by atoms with Crippen LogP contribution < -0.4 is 5.73 Å². The van der Waals surface area contributed by atoms with Gasteiger partial charge < -0.3 is 15.5 Å². The molecule has 0 bridgehead atoms. The average molecular weight is 385 g/mol. The Morgan fingerprint density at radius 1 is 1.07 bits per heavy atom. The number of nitrogens with two attached hydrogens (primary N) is 1. The first-order valence-corrected chi connectivity index (χ1v) is 10.1. The SMILES string of the molecule is COC(N)=O.Cc1ccc(CCCCC(=O)c2ccc(C3CCCC3)[nH]2)cc1. The fourth-order valence-corrected chi connectivity index (χ4v) is 3.55. The molecule has 0 atom stereocenters. The number of carbonyl (C=O) groups is 2. The van der Waals surface area contributed by atoms with Crippen molar-refractivity contribution in [1.29, 1.82) is 0 Å². The molecular formula is C23H32N2O3. The second-order valence-electron chi connectivity index (χ2n) is 7.45. The van der Waals surface area contributed by atoms with Gasteiger partial charge in [0.25, 0.3) is 0 Å². The van der Waals surface area contributed by atoms with Crippen molar-refractivity contribution in [2.75, 3.05) is 7.11 Å². The first kappa shape index (κ1) is 21.7. The van der Waals surface area contributed by atoms with Crippen LogP contribution in [-0.4, -0.2) is 24.0 Å². The van der Waals surface area contributed by atoms with Gasteiger partial charge in [-0.25, -0.2) is 4.79 Å². The highest BCUT2D eigenvalue weighted by molar-refractivity contribution is 5.94. The Hall–Kier alpha value is -2.56. The van der Waals surface area contributed by atoms with Crippen LogP contribution in [0.2, 0.25) is 0 Å². The Morgan fingerprint density at radius 3 is 2.32 bits per heavy atom. The summed E-state index contributed by atoms with van der Waals surface area (Å²) in [5, 5.41) is 0. The summed E-state index contributed by atoms with van der Waals surface area (Å²) in [4.78, 5) is 25.0. The van der Waals surface area contributed by atoms with Crippen LogP contribution in [0.5, 0.6) is 0 Å². The van der Waals surface area contributed by atoms with Crippen LogP contribution >= 0.6 is 0 Å². The Labute approximate surface area is 167 Å². The molecule has 0 spiro atoms. The molecule has 5 nitrogen and oxygen atoms in total. The van der Waals surface area contributed by atoms with Crippen molar-refractivity contribution in [1.82, 2.24) is 4.98 Å². The maximum Gasteiger partial charge on any atom is 0.404 e. The predicted octanol–water partition coefficient (Wildman–Crippen LogP) is 5.29. The topological polar surface area (TPSA) is 85.2 Å². The van der Waals surface area contributed by atoms with E-state index in [1.54, 1.807) is 0 Å². The van der Waals surface area contributed by atoms with Crippen molar-refractivity contribution in [2.24, 2.45) is 5.73 Å². The van der Waals surface area contributed by atoms with E-state index in [9.17, 15) is 9.59 Å². The molecule has 5 heteroatoms. The van der Waals surface area contributed by atoms with Gasteiger partial charge in [-0.2, -0.15) is 0 Å². The highest BCUT2D eigenvalue weighted by atomic mass is 16.5. The summed E-state index contributed by atoms with van der Waals surface area (Å²) in [5.41, 5.74) is 9.17. The maximum absolute atomic E-state index is 12.3. The summed E-state index contributed by atoms with van der Waals surface area (Å²) >= 11 is 0. The van der Waals surface area contributed by atoms with Crippen molar-refractivity contribution in [3.8, 4) is 0 Å². The number of unbranched alkanes of at least 4 members (excludes halogenated alkanes) is 1. The van der Waals surface area contributed by atoms with Gasteiger partial charge in [-0.1, -0.05) is 42.7 Å². The number of methoxy groups -OCH3 is 1. The smallest absolute Gasteiger partial charge is 0.404 e. The molecule has 1 saturated carbocycles. The van der Waals surface area contributed by atoms with Crippen molar-refractivity contribution in [2.45, 2.75) is 64.2 Å². The largest absolute Gasteiger partial charge is 0.453 e. The molecule has 3 N–H and O–H groups in total. The van der Waals surface area contributed by atoms with E-state index in [0.717, 1.165) is 25.0 Å². The zero-order valence-electron chi connectivity index (χ0n) is 17.0. The van der Waals surface area contributed by atoms with Gasteiger partial charge in [-0.3, -0.25) is 4.79 Å². The molecule has 28 heavy (non-hydrogen) atoms. The van der Waals surface area contributed by atoms with Crippen molar-refractivity contribution in [3.05, 3.63) is 58.9 Å². The van der Waals surface area contributed by atoms with Gasteiger partial charge in [-0.15, -0.1) is 0 Å². The second-order valence-corrected chi connectivity index (χ2v) is 7.45. The first-order valence-electron chi connectivity index (χ1n) is 10.1. The van der Waals surface area contributed by atoms with E-state index in [1.165, 1.54) is 49.6 Å². The van der Waals surface area contributed by atoms with Crippen LogP contribution in [0.1, 0.15) is 78.2 Å².